The summed E-state index contributed by atoms with van der Waals surface area (Å²) in [7, 11) is 1.82. The van der Waals surface area contributed by atoms with E-state index in [1.807, 2.05) is 48.1 Å². The van der Waals surface area contributed by atoms with Gasteiger partial charge in [0.15, 0.2) is 0 Å². The maximum atomic E-state index is 10.6. The van der Waals surface area contributed by atoms with E-state index in [0.29, 0.717) is 5.69 Å². The Morgan fingerprint density at radius 1 is 1.22 bits per heavy atom. The van der Waals surface area contributed by atoms with Gasteiger partial charge in [0.2, 0.25) is 0 Å². The molecule has 1 atom stereocenters. The number of aromatic amines is 1. The minimum absolute atomic E-state index is 0.666. The number of hydrogen-bond acceptors (Lipinski definition) is 5. The van der Waals surface area contributed by atoms with Crippen molar-refractivity contribution in [2.24, 2.45) is 7.05 Å². The largest absolute Gasteiger partial charge is 0.380 e. The van der Waals surface area contributed by atoms with Gasteiger partial charge in [0.1, 0.15) is 11.9 Å². The molecule has 1 unspecified atom stereocenters. The van der Waals surface area contributed by atoms with Crippen molar-refractivity contribution >= 4 is 11.0 Å². The molecule has 0 radical (unpaired) electrons. The first-order valence-electron chi connectivity index (χ1n) is 9.06. The lowest BCUT2D eigenvalue weighted by atomic mass is 10.1. The monoisotopic (exact) mass is 363 g/mol. The third kappa shape index (κ3) is 2.92. The summed E-state index contributed by atoms with van der Waals surface area (Å²) in [5.74, 6) is 0.972. The van der Waals surface area contributed by atoms with Crippen LogP contribution in [0.5, 0.6) is 0 Å². The molecule has 138 valence electrons. The van der Waals surface area contributed by atoms with E-state index in [9.17, 15) is 5.11 Å². The average Bonchev–Trinajstić information content (AvgIpc) is 3.37. The summed E-state index contributed by atoms with van der Waals surface area (Å²) in [6, 6.07) is 11.9. The Kier molecular flexibility index (Phi) is 3.80. The number of imidazole rings is 1. The number of aromatic nitrogens is 6. The van der Waals surface area contributed by atoms with Crippen molar-refractivity contribution in [1.82, 2.24) is 34.4 Å². The number of H-pyrrole nitrogens is 1. The lowest BCUT2D eigenvalue weighted by molar-refractivity contribution is 0.194. The van der Waals surface area contributed by atoms with Crippen LogP contribution in [0.1, 0.15) is 29.0 Å². The van der Waals surface area contributed by atoms with Crippen LogP contribution in [-0.4, -0.2) is 46.1 Å². The van der Waals surface area contributed by atoms with E-state index < -0.39 is 6.10 Å². The van der Waals surface area contributed by atoms with E-state index in [0.717, 1.165) is 54.4 Å². The SMILES string of the molecule is Cn1nccc1C(O)c1cc2n(n1)CCN(Cc1nc3ccccc3[nH]1)C2. The van der Waals surface area contributed by atoms with E-state index >= 15 is 0 Å². The zero-order chi connectivity index (χ0) is 18.4. The molecule has 0 saturated carbocycles. The van der Waals surface area contributed by atoms with Crippen LogP contribution in [-0.2, 0) is 26.7 Å². The predicted molar refractivity (Wildman–Crippen MR) is 99.7 cm³/mol. The van der Waals surface area contributed by atoms with Crippen molar-refractivity contribution in [3.8, 4) is 0 Å². The van der Waals surface area contributed by atoms with Gasteiger partial charge in [-0.25, -0.2) is 4.98 Å². The fraction of sp³-hybridized carbons (Fsp3) is 0.316. The van der Waals surface area contributed by atoms with Crippen LogP contribution in [0.4, 0.5) is 0 Å². The minimum atomic E-state index is -0.764. The number of fused-ring (bicyclic) bond motifs is 2. The Bertz CT molecular complexity index is 1060. The third-order valence-electron chi connectivity index (χ3n) is 5.13. The molecule has 2 N–H and O–H groups in total. The molecule has 0 spiro atoms. The first-order chi connectivity index (χ1) is 13.2. The van der Waals surface area contributed by atoms with E-state index in [1.165, 1.54) is 0 Å². The van der Waals surface area contributed by atoms with Crippen LogP contribution in [0.3, 0.4) is 0 Å². The molecule has 1 aliphatic heterocycles. The Hall–Kier alpha value is -2.97. The quantitative estimate of drug-likeness (QED) is 0.575. The van der Waals surface area contributed by atoms with Gasteiger partial charge in [-0.1, -0.05) is 12.1 Å². The second-order valence-corrected chi connectivity index (χ2v) is 6.98. The maximum Gasteiger partial charge on any atom is 0.139 e. The van der Waals surface area contributed by atoms with E-state index in [4.69, 9.17) is 0 Å². The van der Waals surface area contributed by atoms with Crippen molar-refractivity contribution in [3.63, 3.8) is 0 Å². The van der Waals surface area contributed by atoms with Crippen molar-refractivity contribution in [2.75, 3.05) is 6.54 Å². The second-order valence-electron chi connectivity index (χ2n) is 6.98. The molecule has 4 heterocycles. The Morgan fingerprint density at radius 3 is 2.93 bits per heavy atom. The van der Waals surface area contributed by atoms with Gasteiger partial charge < -0.3 is 10.1 Å². The summed E-state index contributed by atoms with van der Waals surface area (Å²) in [5, 5.41) is 19.4. The van der Waals surface area contributed by atoms with Crippen molar-refractivity contribution in [1.29, 1.82) is 0 Å². The molecule has 0 amide bonds. The molecule has 1 aliphatic rings. The fourth-order valence-corrected chi connectivity index (χ4v) is 3.71. The number of aryl methyl sites for hydroxylation is 1. The lowest BCUT2D eigenvalue weighted by Gasteiger charge is -2.26. The van der Waals surface area contributed by atoms with Crippen LogP contribution < -0.4 is 0 Å². The predicted octanol–water partition coefficient (Wildman–Crippen LogP) is 1.59. The van der Waals surface area contributed by atoms with E-state index in [2.05, 4.69) is 25.1 Å². The number of aliphatic hydroxyl groups is 1. The highest BCUT2D eigenvalue weighted by Gasteiger charge is 2.23. The van der Waals surface area contributed by atoms with Gasteiger partial charge in [0.05, 0.1) is 41.2 Å². The minimum Gasteiger partial charge on any atom is -0.380 e. The van der Waals surface area contributed by atoms with Crippen LogP contribution >= 0.6 is 0 Å². The van der Waals surface area contributed by atoms with Crippen LogP contribution in [0.2, 0.25) is 0 Å². The summed E-state index contributed by atoms with van der Waals surface area (Å²) < 4.78 is 3.67. The number of rotatable bonds is 4. The maximum absolute atomic E-state index is 10.6. The fourth-order valence-electron chi connectivity index (χ4n) is 3.71. The first kappa shape index (κ1) is 16.2. The van der Waals surface area contributed by atoms with Gasteiger partial charge in [-0.2, -0.15) is 10.2 Å². The Morgan fingerprint density at radius 2 is 2.11 bits per heavy atom. The molecule has 5 rings (SSSR count). The molecular weight excluding hydrogens is 342 g/mol. The van der Waals surface area contributed by atoms with Crippen molar-refractivity contribution < 1.29 is 5.11 Å². The summed E-state index contributed by atoms with van der Waals surface area (Å²) in [4.78, 5) is 10.4. The number of hydrogen-bond donors (Lipinski definition) is 2. The van der Waals surface area contributed by atoms with Gasteiger partial charge in [0.25, 0.3) is 0 Å². The zero-order valence-corrected chi connectivity index (χ0v) is 15.1. The molecular formula is C19H21N7O. The molecule has 0 saturated heterocycles. The van der Waals surface area contributed by atoms with Gasteiger partial charge in [-0.3, -0.25) is 14.3 Å². The van der Waals surface area contributed by atoms with Gasteiger partial charge in [0, 0.05) is 26.3 Å². The Labute approximate surface area is 156 Å². The highest BCUT2D eigenvalue weighted by molar-refractivity contribution is 5.74. The molecule has 8 nitrogen and oxygen atoms in total. The highest BCUT2D eigenvalue weighted by Crippen LogP contribution is 2.24. The molecule has 0 aliphatic carbocycles. The molecule has 4 aromatic rings. The van der Waals surface area contributed by atoms with Crippen LogP contribution in [0.25, 0.3) is 11.0 Å². The lowest BCUT2D eigenvalue weighted by Crippen LogP contribution is -2.33. The molecule has 0 bridgehead atoms. The third-order valence-corrected chi connectivity index (χ3v) is 5.13. The van der Waals surface area contributed by atoms with Crippen molar-refractivity contribution in [3.05, 3.63) is 65.5 Å². The van der Waals surface area contributed by atoms with Crippen LogP contribution in [0, 0.1) is 0 Å². The number of benzene rings is 1. The zero-order valence-electron chi connectivity index (χ0n) is 15.1. The molecule has 8 heteroatoms. The molecule has 1 aromatic carbocycles. The van der Waals surface area contributed by atoms with Crippen molar-refractivity contribution in [2.45, 2.75) is 25.7 Å². The highest BCUT2D eigenvalue weighted by atomic mass is 16.3. The smallest absolute Gasteiger partial charge is 0.139 e. The number of nitrogens with one attached hydrogen (secondary N) is 1. The number of para-hydroxylation sites is 2. The first-order valence-corrected chi connectivity index (χ1v) is 9.06. The van der Waals surface area contributed by atoms with Gasteiger partial charge in [-0.15, -0.1) is 0 Å². The Balaban J connectivity index is 1.34. The van der Waals surface area contributed by atoms with Crippen LogP contribution in [0.15, 0.2) is 42.6 Å². The number of nitrogens with zero attached hydrogens (tertiary/aromatic N) is 6. The standard InChI is InChI=1S/C19H21N7O/c1-24-17(6-7-20-24)19(27)16-10-13-11-25(8-9-26(13)23-16)12-18-21-14-4-2-3-5-15(14)22-18/h2-7,10,19,27H,8-9,11-12H2,1H3,(H,21,22). The number of aliphatic hydroxyl groups excluding tert-OH is 1. The summed E-state index contributed by atoms with van der Waals surface area (Å²) in [5.41, 5.74) is 4.57. The topological polar surface area (TPSA) is 87.8 Å². The molecule has 3 aromatic heterocycles. The molecule has 27 heavy (non-hydrogen) atoms. The molecule has 0 fully saturated rings. The second kappa shape index (κ2) is 6.33. The summed E-state index contributed by atoms with van der Waals surface area (Å²) >= 11 is 0. The summed E-state index contributed by atoms with van der Waals surface area (Å²) in [6.07, 6.45) is 0.920. The summed E-state index contributed by atoms with van der Waals surface area (Å²) in [6.45, 7) is 3.24. The van der Waals surface area contributed by atoms with Gasteiger partial charge >= 0.3 is 0 Å². The average molecular weight is 363 g/mol. The van der Waals surface area contributed by atoms with E-state index in [-0.39, 0.29) is 0 Å². The van der Waals surface area contributed by atoms with Gasteiger partial charge in [-0.05, 0) is 24.3 Å². The normalized spacial score (nSPS) is 15.9. The van der Waals surface area contributed by atoms with E-state index in [1.54, 1.807) is 10.9 Å².